The second-order valence-electron chi connectivity index (χ2n) is 10.1. The number of aromatic nitrogens is 7. The van der Waals surface area contributed by atoms with Gasteiger partial charge in [0.05, 0.1) is 40.0 Å². The molecule has 0 aliphatic heterocycles. The van der Waals surface area contributed by atoms with E-state index in [4.69, 9.17) is 9.97 Å². The van der Waals surface area contributed by atoms with E-state index in [-0.39, 0.29) is 11.8 Å². The van der Waals surface area contributed by atoms with Gasteiger partial charge in [-0.1, -0.05) is 31.4 Å². The number of nitrogens with zero attached hydrogens (tertiary/aromatic N) is 5. The summed E-state index contributed by atoms with van der Waals surface area (Å²) in [7, 11) is 0. The molecule has 6 aromatic heterocycles. The molecule has 9 heteroatoms. The van der Waals surface area contributed by atoms with Crippen LogP contribution in [0.1, 0.15) is 36.9 Å². The zero-order chi connectivity index (χ0) is 25.2. The summed E-state index contributed by atoms with van der Waals surface area (Å²) in [5.41, 5.74) is 5.61. The summed E-state index contributed by atoms with van der Waals surface area (Å²) >= 11 is 1.60. The Balaban J connectivity index is 1.57. The van der Waals surface area contributed by atoms with Gasteiger partial charge >= 0.3 is 0 Å². The molecule has 1 aliphatic rings. The standard InChI is InChI=1S/C29H23N7OS/c37-29(16-5-2-1-3-6-16)36-18-11-17(13-30-14-18)22-12-20-23(15-31-22)34-35-27(20)28-32-21-8-4-7-19(26(21)33-28)24-9-10-25(36)38-24/h4,7-16H,1-3,5-6H2,(H,32,33)(H,34,35). The molecule has 0 spiro atoms. The minimum Gasteiger partial charge on any atom is -0.337 e. The average Bonchev–Trinajstić information content (AvgIpc) is 3.71. The predicted octanol–water partition coefficient (Wildman–Crippen LogP) is 7.05. The Morgan fingerprint density at radius 3 is 2.79 bits per heavy atom. The fraction of sp³-hybridized carbons (Fsp3) is 0.207. The number of benzene rings is 1. The van der Waals surface area contributed by atoms with Gasteiger partial charge in [-0.25, -0.2) is 4.98 Å². The number of thiophene rings is 1. The molecule has 1 fully saturated rings. The van der Waals surface area contributed by atoms with Crippen LogP contribution in [0.3, 0.4) is 0 Å². The van der Waals surface area contributed by atoms with Crippen LogP contribution in [0.25, 0.3) is 64.4 Å². The molecule has 1 saturated carbocycles. The first-order valence-electron chi connectivity index (χ1n) is 13.0. The van der Waals surface area contributed by atoms with Crippen molar-refractivity contribution in [3.05, 3.63) is 61.1 Å². The van der Waals surface area contributed by atoms with Crippen molar-refractivity contribution < 1.29 is 4.79 Å². The van der Waals surface area contributed by atoms with Crippen molar-refractivity contribution in [1.29, 1.82) is 0 Å². The van der Waals surface area contributed by atoms with Crippen LogP contribution in [0.15, 0.2) is 61.1 Å². The number of fused-ring (bicyclic) bond motifs is 9. The van der Waals surface area contributed by atoms with Crippen molar-refractivity contribution in [3.63, 3.8) is 0 Å². The van der Waals surface area contributed by atoms with E-state index >= 15 is 0 Å². The Bertz CT molecular complexity index is 2110. The van der Waals surface area contributed by atoms with E-state index in [0.717, 1.165) is 84.5 Å². The second kappa shape index (κ2) is 8.32. The molecule has 0 atom stereocenters. The zero-order valence-corrected chi connectivity index (χ0v) is 21.3. The quantitative estimate of drug-likeness (QED) is 0.243. The van der Waals surface area contributed by atoms with Crippen LogP contribution in [0, 0.1) is 5.92 Å². The molecular formula is C29H23N7OS. The van der Waals surface area contributed by atoms with Crippen LogP contribution >= 0.6 is 11.3 Å². The SMILES string of the molecule is O=C(C1CCCCC1)n1c2cncc(c2)c2cc3c(cn2)[nH]nc3c2nc3c(cccc3c3ccc1s3)[nH]2. The number of hydrogen-bond donors (Lipinski definition) is 2. The van der Waals surface area contributed by atoms with Gasteiger partial charge in [0.15, 0.2) is 5.65 Å². The third-order valence-electron chi connectivity index (χ3n) is 7.71. The largest absolute Gasteiger partial charge is 0.337 e. The first-order chi connectivity index (χ1) is 18.7. The molecular weight excluding hydrogens is 494 g/mol. The van der Waals surface area contributed by atoms with E-state index in [2.05, 4.69) is 32.3 Å². The van der Waals surface area contributed by atoms with E-state index in [1.807, 2.05) is 34.9 Å². The Morgan fingerprint density at radius 1 is 0.947 bits per heavy atom. The lowest BCUT2D eigenvalue weighted by Crippen LogP contribution is -2.24. The number of aromatic amines is 2. The van der Waals surface area contributed by atoms with Gasteiger partial charge in [0.1, 0.15) is 10.3 Å². The highest BCUT2D eigenvalue weighted by molar-refractivity contribution is 7.24. The summed E-state index contributed by atoms with van der Waals surface area (Å²) in [6, 6.07) is 14.3. The minimum atomic E-state index is 0.0142. The van der Waals surface area contributed by atoms with Gasteiger partial charge in [-0.05, 0) is 43.2 Å². The molecule has 6 heterocycles. The molecule has 0 radical (unpaired) electrons. The van der Waals surface area contributed by atoms with Crippen LogP contribution in [-0.4, -0.2) is 40.6 Å². The summed E-state index contributed by atoms with van der Waals surface area (Å²) in [5, 5.41) is 10.5. The fourth-order valence-electron chi connectivity index (χ4n) is 5.78. The van der Waals surface area contributed by atoms with Crippen LogP contribution in [0.2, 0.25) is 0 Å². The molecule has 8 nitrogen and oxygen atoms in total. The molecule has 2 N–H and O–H groups in total. The van der Waals surface area contributed by atoms with Gasteiger partial charge < -0.3 is 4.98 Å². The van der Waals surface area contributed by atoms with Crippen molar-refractivity contribution in [3.8, 4) is 0 Å². The molecule has 8 bridgehead atoms. The second-order valence-corrected chi connectivity index (χ2v) is 11.1. The van der Waals surface area contributed by atoms with Crippen molar-refractivity contribution in [1.82, 2.24) is 34.7 Å². The fourth-order valence-corrected chi connectivity index (χ4v) is 6.84. The smallest absolute Gasteiger partial charge is 0.235 e. The van der Waals surface area contributed by atoms with E-state index < -0.39 is 0 Å². The normalized spacial score (nSPS) is 14.8. The third kappa shape index (κ3) is 3.31. The molecule has 1 aliphatic carbocycles. The maximum absolute atomic E-state index is 14.1. The molecule has 186 valence electrons. The monoisotopic (exact) mass is 517 g/mol. The number of rotatable bonds is 1. The molecule has 38 heavy (non-hydrogen) atoms. The molecule has 0 amide bonds. The van der Waals surface area contributed by atoms with E-state index in [1.165, 1.54) is 6.42 Å². The Morgan fingerprint density at radius 2 is 1.87 bits per heavy atom. The van der Waals surface area contributed by atoms with Crippen molar-refractivity contribution in [2.75, 3.05) is 0 Å². The number of pyridine rings is 2. The highest BCUT2D eigenvalue weighted by Crippen LogP contribution is 2.32. The van der Waals surface area contributed by atoms with Crippen LogP contribution in [-0.2, 0) is 0 Å². The number of para-hydroxylation sites is 1. The third-order valence-corrected chi connectivity index (χ3v) is 8.82. The van der Waals surface area contributed by atoms with Crippen LogP contribution in [0.4, 0.5) is 0 Å². The Labute approximate surface area is 220 Å². The van der Waals surface area contributed by atoms with Gasteiger partial charge in [0, 0.05) is 33.0 Å². The number of hydrogen-bond acceptors (Lipinski definition) is 6. The van der Waals surface area contributed by atoms with Gasteiger partial charge in [0.2, 0.25) is 5.91 Å². The average molecular weight is 518 g/mol. The lowest BCUT2D eigenvalue weighted by atomic mass is 9.88. The van der Waals surface area contributed by atoms with Crippen molar-refractivity contribution >= 4 is 81.7 Å². The van der Waals surface area contributed by atoms with Crippen molar-refractivity contribution in [2.45, 2.75) is 32.1 Å². The van der Waals surface area contributed by atoms with E-state index in [9.17, 15) is 4.79 Å². The first kappa shape index (κ1) is 21.7. The summed E-state index contributed by atoms with van der Waals surface area (Å²) < 4.78 is 2.93. The number of imidazole rings is 1. The summed E-state index contributed by atoms with van der Waals surface area (Å²) in [5.74, 6) is 0.155. The molecule has 0 saturated heterocycles. The topological polar surface area (TPSA) is 105 Å². The number of nitrogens with one attached hydrogen (secondary N) is 2. The molecule has 8 rings (SSSR count). The van der Waals surface area contributed by atoms with Crippen molar-refractivity contribution in [2.24, 2.45) is 5.92 Å². The van der Waals surface area contributed by atoms with Gasteiger partial charge in [-0.2, -0.15) is 5.10 Å². The maximum Gasteiger partial charge on any atom is 0.235 e. The number of carbonyl (C=O) groups excluding carboxylic acids is 1. The number of H-pyrrole nitrogens is 2. The van der Waals surface area contributed by atoms with Crippen LogP contribution < -0.4 is 0 Å². The molecule has 0 unspecified atom stereocenters. The lowest BCUT2D eigenvalue weighted by molar-refractivity contribution is 0.0812. The summed E-state index contributed by atoms with van der Waals surface area (Å²) in [4.78, 5) is 32.7. The Kier molecular flexibility index (Phi) is 4.75. The van der Waals surface area contributed by atoms with Crippen LogP contribution in [0.5, 0.6) is 0 Å². The molecule has 1 aromatic carbocycles. The van der Waals surface area contributed by atoms with Gasteiger partial charge in [0.25, 0.3) is 0 Å². The molecule has 7 aromatic rings. The van der Waals surface area contributed by atoms with E-state index in [0.29, 0.717) is 5.65 Å². The Hall–Kier alpha value is -4.37. The van der Waals surface area contributed by atoms with Gasteiger partial charge in [-0.15, -0.1) is 11.3 Å². The highest BCUT2D eigenvalue weighted by Gasteiger charge is 2.24. The lowest BCUT2D eigenvalue weighted by Gasteiger charge is -2.21. The maximum atomic E-state index is 14.1. The predicted molar refractivity (Wildman–Crippen MR) is 152 cm³/mol. The van der Waals surface area contributed by atoms with Gasteiger partial charge in [-0.3, -0.25) is 24.4 Å². The van der Waals surface area contributed by atoms with E-state index in [1.54, 1.807) is 29.9 Å². The minimum absolute atomic E-state index is 0.0142. The summed E-state index contributed by atoms with van der Waals surface area (Å²) in [6.07, 6.45) is 10.6. The zero-order valence-electron chi connectivity index (χ0n) is 20.4. The highest BCUT2D eigenvalue weighted by atomic mass is 32.1. The number of carbonyl (C=O) groups is 1. The summed E-state index contributed by atoms with van der Waals surface area (Å²) in [6.45, 7) is 0. The first-order valence-corrected chi connectivity index (χ1v) is 13.8.